The fraction of sp³-hybridized carbons (Fsp3) is 0.167. The van der Waals surface area contributed by atoms with Crippen LogP contribution in [0.25, 0.3) is 5.95 Å². The molecule has 0 saturated heterocycles. The van der Waals surface area contributed by atoms with Crippen LogP contribution in [0, 0.1) is 0 Å². The molecule has 0 saturated carbocycles. The summed E-state index contributed by atoms with van der Waals surface area (Å²) in [5.74, 6) is 0.779. The van der Waals surface area contributed by atoms with E-state index in [1.54, 1.807) is 12.4 Å². The van der Waals surface area contributed by atoms with Crippen LogP contribution in [0.15, 0.2) is 37.2 Å². The number of aromatic nitrogens is 7. The SMILES string of the molecule is CC(Nc1nc(N)nc(-n2cncn2)n1)c1cccnc1. The second-order valence-electron chi connectivity index (χ2n) is 4.31. The van der Waals surface area contributed by atoms with Gasteiger partial charge in [-0.05, 0) is 18.6 Å². The number of rotatable bonds is 4. The fourth-order valence-corrected chi connectivity index (χ4v) is 1.77. The highest BCUT2D eigenvalue weighted by atomic mass is 15.4. The lowest BCUT2D eigenvalue weighted by Gasteiger charge is -2.14. The van der Waals surface area contributed by atoms with Gasteiger partial charge in [0.1, 0.15) is 12.7 Å². The van der Waals surface area contributed by atoms with Gasteiger partial charge in [0.15, 0.2) is 0 Å². The number of hydrogen-bond donors (Lipinski definition) is 2. The smallest absolute Gasteiger partial charge is 0.258 e. The molecule has 0 aliphatic rings. The van der Waals surface area contributed by atoms with E-state index in [4.69, 9.17) is 5.73 Å². The molecule has 0 amide bonds. The molecule has 3 heterocycles. The van der Waals surface area contributed by atoms with Crippen molar-refractivity contribution >= 4 is 11.9 Å². The fourth-order valence-electron chi connectivity index (χ4n) is 1.77. The largest absolute Gasteiger partial charge is 0.368 e. The first-order valence-electron chi connectivity index (χ1n) is 6.25. The minimum absolute atomic E-state index is 0.0240. The molecule has 0 fully saturated rings. The van der Waals surface area contributed by atoms with E-state index >= 15 is 0 Å². The van der Waals surface area contributed by atoms with Crippen LogP contribution >= 0.6 is 0 Å². The van der Waals surface area contributed by atoms with Crippen LogP contribution in [0.5, 0.6) is 0 Å². The Morgan fingerprint density at radius 1 is 1.24 bits per heavy atom. The number of nitrogens with two attached hydrogens (primary N) is 1. The zero-order valence-electron chi connectivity index (χ0n) is 11.2. The summed E-state index contributed by atoms with van der Waals surface area (Å²) in [7, 11) is 0. The van der Waals surface area contributed by atoms with Crippen molar-refractivity contribution in [1.82, 2.24) is 34.7 Å². The van der Waals surface area contributed by atoms with Crippen LogP contribution in [0.2, 0.25) is 0 Å². The van der Waals surface area contributed by atoms with Crippen LogP contribution in [-0.4, -0.2) is 34.7 Å². The molecule has 3 N–H and O–H groups in total. The highest BCUT2D eigenvalue weighted by molar-refractivity contribution is 5.37. The Hall–Kier alpha value is -3.10. The van der Waals surface area contributed by atoms with Gasteiger partial charge in [-0.2, -0.15) is 24.7 Å². The molecule has 21 heavy (non-hydrogen) atoms. The summed E-state index contributed by atoms with van der Waals surface area (Å²) in [6.07, 6.45) is 6.38. The molecule has 1 atom stereocenters. The number of pyridine rings is 1. The molecule has 3 rings (SSSR count). The predicted octanol–water partition coefficient (Wildman–Crippen LogP) is 0.603. The Labute approximate surface area is 120 Å². The quantitative estimate of drug-likeness (QED) is 0.714. The second kappa shape index (κ2) is 5.49. The van der Waals surface area contributed by atoms with E-state index in [-0.39, 0.29) is 12.0 Å². The van der Waals surface area contributed by atoms with Crippen molar-refractivity contribution in [2.24, 2.45) is 0 Å². The summed E-state index contributed by atoms with van der Waals surface area (Å²) in [6, 6.07) is 3.81. The van der Waals surface area contributed by atoms with Gasteiger partial charge < -0.3 is 11.1 Å². The maximum absolute atomic E-state index is 5.70. The molecule has 3 aromatic rings. The number of hydrogen-bond acceptors (Lipinski definition) is 8. The molecule has 9 nitrogen and oxygen atoms in total. The van der Waals surface area contributed by atoms with E-state index in [0.717, 1.165) is 5.56 Å². The van der Waals surface area contributed by atoms with Gasteiger partial charge in [0.05, 0.1) is 6.04 Å². The first-order valence-corrected chi connectivity index (χ1v) is 6.25. The van der Waals surface area contributed by atoms with E-state index in [1.807, 2.05) is 19.1 Å². The molecule has 9 heteroatoms. The average Bonchev–Trinajstić information content (AvgIpc) is 3.02. The van der Waals surface area contributed by atoms with Gasteiger partial charge >= 0.3 is 0 Å². The molecule has 0 aromatic carbocycles. The van der Waals surface area contributed by atoms with E-state index in [2.05, 4.69) is 35.3 Å². The van der Waals surface area contributed by atoms with E-state index in [9.17, 15) is 0 Å². The number of nitrogens with zero attached hydrogens (tertiary/aromatic N) is 7. The lowest BCUT2D eigenvalue weighted by Crippen LogP contribution is -2.14. The highest BCUT2D eigenvalue weighted by Gasteiger charge is 2.11. The monoisotopic (exact) mass is 283 g/mol. The number of nitrogen functional groups attached to an aromatic ring is 1. The molecule has 0 bridgehead atoms. The maximum Gasteiger partial charge on any atom is 0.258 e. The third-order valence-corrected chi connectivity index (χ3v) is 2.79. The van der Waals surface area contributed by atoms with Crippen molar-refractivity contribution in [3.8, 4) is 5.95 Å². The van der Waals surface area contributed by atoms with Gasteiger partial charge in [-0.15, -0.1) is 0 Å². The molecule has 3 aromatic heterocycles. The van der Waals surface area contributed by atoms with Crippen LogP contribution in [0.1, 0.15) is 18.5 Å². The zero-order chi connectivity index (χ0) is 14.7. The summed E-state index contributed by atoms with van der Waals surface area (Å²) in [4.78, 5) is 20.3. The third-order valence-electron chi connectivity index (χ3n) is 2.79. The first kappa shape index (κ1) is 12.9. The lowest BCUT2D eigenvalue weighted by molar-refractivity contribution is 0.785. The molecule has 106 valence electrons. The zero-order valence-corrected chi connectivity index (χ0v) is 11.2. The van der Waals surface area contributed by atoms with E-state index in [0.29, 0.717) is 11.9 Å². The summed E-state index contributed by atoms with van der Waals surface area (Å²) >= 11 is 0. The minimum Gasteiger partial charge on any atom is -0.368 e. The Morgan fingerprint density at radius 3 is 2.86 bits per heavy atom. The Bertz CT molecular complexity index is 711. The van der Waals surface area contributed by atoms with Gasteiger partial charge in [-0.25, -0.2) is 4.98 Å². The molecule has 0 aliphatic carbocycles. The minimum atomic E-state index is -0.0240. The van der Waals surface area contributed by atoms with Crippen LogP contribution < -0.4 is 11.1 Å². The summed E-state index contributed by atoms with van der Waals surface area (Å²) < 4.78 is 1.41. The van der Waals surface area contributed by atoms with Gasteiger partial charge in [0.25, 0.3) is 5.95 Å². The summed E-state index contributed by atoms with van der Waals surface area (Å²) in [5, 5.41) is 7.12. The predicted molar refractivity (Wildman–Crippen MR) is 75.4 cm³/mol. The van der Waals surface area contributed by atoms with Crippen LogP contribution in [0.4, 0.5) is 11.9 Å². The van der Waals surface area contributed by atoms with Crippen LogP contribution in [-0.2, 0) is 0 Å². The molecular weight excluding hydrogens is 270 g/mol. The standard InChI is InChI=1S/C12H13N9/c1-8(9-3-2-4-14-5-9)17-11-18-10(13)19-12(20-11)21-7-15-6-16-21/h2-8H,1H3,(H3,13,17,18,19,20). The van der Waals surface area contributed by atoms with Crippen molar-refractivity contribution in [2.45, 2.75) is 13.0 Å². The topological polar surface area (TPSA) is 120 Å². The number of anilines is 2. The van der Waals surface area contributed by atoms with Gasteiger partial charge in [-0.1, -0.05) is 6.07 Å². The van der Waals surface area contributed by atoms with Crippen molar-refractivity contribution in [1.29, 1.82) is 0 Å². The molecule has 0 spiro atoms. The second-order valence-corrected chi connectivity index (χ2v) is 4.31. The highest BCUT2D eigenvalue weighted by Crippen LogP contribution is 2.16. The lowest BCUT2D eigenvalue weighted by atomic mass is 10.1. The average molecular weight is 283 g/mol. The van der Waals surface area contributed by atoms with E-state index < -0.39 is 0 Å². The van der Waals surface area contributed by atoms with Crippen molar-refractivity contribution in [3.63, 3.8) is 0 Å². The Balaban J connectivity index is 1.86. The normalized spacial score (nSPS) is 12.0. The van der Waals surface area contributed by atoms with Gasteiger partial charge in [0.2, 0.25) is 11.9 Å². The molecule has 0 radical (unpaired) electrons. The van der Waals surface area contributed by atoms with Crippen molar-refractivity contribution < 1.29 is 0 Å². The molecular formula is C12H13N9. The van der Waals surface area contributed by atoms with Crippen molar-refractivity contribution in [3.05, 3.63) is 42.7 Å². The molecule has 1 unspecified atom stereocenters. The molecule has 0 aliphatic heterocycles. The summed E-state index contributed by atoms with van der Waals surface area (Å²) in [6.45, 7) is 1.98. The van der Waals surface area contributed by atoms with Crippen LogP contribution in [0.3, 0.4) is 0 Å². The van der Waals surface area contributed by atoms with Gasteiger partial charge in [-0.3, -0.25) is 4.98 Å². The van der Waals surface area contributed by atoms with E-state index in [1.165, 1.54) is 17.3 Å². The Morgan fingerprint density at radius 2 is 2.14 bits per heavy atom. The van der Waals surface area contributed by atoms with Gasteiger partial charge in [0, 0.05) is 12.4 Å². The maximum atomic E-state index is 5.70. The van der Waals surface area contributed by atoms with Crippen molar-refractivity contribution in [2.75, 3.05) is 11.1 Å². The summed E-state index contributed by atoms with van der Waals surface area (Å²) in [5.41, 5.74) is 6.72. The third kappa shape index (κ3) is 2.91. The number of nitrogens with one attached hydrogen (secondary N) is 1. The first-order chi connectivity index (χ1) is 10.2. The Kier molecular flexibility index (Phi) is 3.37.